The fourth-order valence-electron chi connectivity index (χ4n) is 1.82. The first-order chi connectivity index (χ1) is 9.67. The molecule has 2 heterocycles. The van der Waals surface area contributed by atoms with Gasteiger partial charge in [-0.1, -0.05) is 17.3 Å². The molecule has 3 rings (SSSR count). The molecule has 0 aliphatic rings. The van der Waals surface area contributed by atoms with Gasteiger partial charge in [0.15, 0.2) is 5.82 Å². The molecule has 1 aromatic carbocycles. The van der Waals surface area contributed by atoms with Crippen molar-refractivity contribution in [3.8, 4) is 0 Å². The molecule has 0 aliphatic heterocycles. The Morgan fingerprint density at radius 1 is 1.25 bits per heavy atom. The van der Waals surface area contributed by atoms with Crippen LogP contribution in [0.15, 0.2) is 41.6 Å². The lowest BCUT2D eigenvalue weighted by Gasteiger charge is -2.07. The maximum atomic E-state index is 12.3. The molecule has 0 amide bonds. The van der Waals surface area contributed by atoms with Gasteiger partial charge in [0, 0.05) is 23.2 Å². The average Bonchev–Trinajstić information content (AvgIpc) is 2.98. The first kappa shape index (κ1) is 12.6. The molecule has 3 aromatic rings. The maximum Gasteiger partial charge on any atom is 0.241 e. The van der Waals surface area contributed by atoms with Gasteiger partial charge in [0.2, 0.25) is 10.0 Å². The van der Waals surface area contributed by atoms with Gasteiger partial charge in [-0.25, -0.2) is 13.1 Å². The van der Waals surface area contributed by atoms with Crippen LogP contribution in [0.5, 0.6) is 0 Å². The van der Waals surface area contributed by atoms with E-state index in [0.29, 0.717) is 5.39 Å². The van der Waals surface area contributed by atoms with E-state index < -0.39 is 10.0 Å². The third kappa shape index (κ3) is 2.36. The van der Waals surface area contributed by atoms with Crippen LogP contribution in [0.1, 0.15) is 5.82 Å². The normalized spacial score (nSPS) is 11.8. The lowest BCUT2D eigenvalue weighted by atomic mass is 10.2. The van der Waals surface area contributed by atoms with Gasteiger partial charge in [-0.2, -0.15) is 5.21 Å². The second kappa shape index (κ2) is 4.94. The number of aromatic nitrogens is 5. The zero-order valence-electron chi connectivity index (χ0n) is 10.2. The van der Waals surface area contributed by atoms with Gasteiger partial charge in [-0.05, 0) is 12.1 Å². The first-order valence-electron chi connectivity index (χ1n) is 5.71. The van der Waals surface area contributed by atoms with Crippen molar-refractivity contribution in [2.45, 2.75) is 11.4 Å². The molecule has 2 N–H and O–H groups in total. The van der Waals surface area contributed by atoms with Gasteiger partial charge in [0.05, 0.1) is 11.4 Å². The maximum absolute atomic E-state index is 12.3. The predicted molar refractivity (Wildman–Crippen MR) is 69.9 cm³/mol. The number of benzene rings is 1. The van der Waals surface area contributed by atoms with Crippen molar-refractivity contribution in [1.82, 2.24) is 30.3 Å². The first-order valence-corrected chi connectivity index (χ1v) is 7.20. The van der Waals surface area contributed by atoms with Crippen molar-refractivity contribution < 1.29 is 8.42 Å². The monoisotopic (exact) mass is 290 g/mol. The van der Waals surface area contributed by atoms with Crippen LogP contribution >= 0.6 is 0 Å². The smallest absolute Gasteiger partial charge is 0.241 e. The second-order valence-electron chi connectivity index (χ2n) is 4.01. The number of rotatable bonds is 4. The highest BCUT2D eigenvalue weighted by Crippen LogP contribution is 2.21. The van der Waals surface area contributed by atoms with Gasteiger partial charge >= 0.3 is 0 Å². The van der Waals surface area contributed by atoms with Crippen LogP contribution in [0.25, 0.3) is 10.8 Å². The molecule has 0 unspecified atom stereocenters. The van der Waals surface area contributed by atoms with Gasteiger partial charge < -0.3 is 0 Å². The molecule has 8 nitrogen and oxygen atoms in total. The number of sulfonamides is 1. The molecule has 0 aliphatic carbocycles. The largest absolute Gasteiger partial charge is 0.264 e. The molecule has 0 saturated carbocycles. The Hall–Kier alpha value is -2.39. The Morgan fingerprint density at radius 3 is 2.95 bits per heavy atom. The molecule has 9 heteroatoms. The molecular formula is C11H10N6O2S. The summed E-state index contributed by atoms with van der Waals surface area (Å²) in [6, 6.07) is 6.69. The summed E-state index contributed by atoms with van der Waals surface area (Å²) in [5.74, 6) is 0.274. The quantitative estimate of drug-likeness (QED) is 0.711. The molecule has 0 saturated heterocycles. The van der Waals surface area contributed by atoms with E-state index in [1.165, 1.54) is 0 Å². The molecule has 0 atom stereocenters. The van der Waals surface area contributed by atoms with Crippen LogP contribution in [0.4, 0.5) is 0 Å². The minimum atomic E-state index is -3.66. The van der Waals surface area contributed by atoms with E-state index in [1.807, 2.05) is 0 Å². The molecule has 0 bridgehead atoms. The fraction of sp³-hybridized carbons (Fsp3) is 0.0909. The zero-order valence-corrected chi connectivity index (χ0v) is 11.0. The summed E-state index contributed by atoms with van der Waals surface area (Å²) in [5.41, 5.74) is 0. The van der Waals surface area contributed by atoms with Crippen LogP contribution in [0.2, 0.25) is 0 Å². The lowest BCUT2D eigenvalue weighted by Crippen LogP contribution is -2.24. The van der Waals surface area contributed by atoms with Crippen molar-refractivity contribution in [1.29, 1.82) is 0 Å². The third-order valence-corrected chi connectivity index (χ3v) is 4.20. The summed E-state index contributed by atoms with van der Waals surface area (Å²) in [4.78, 5) is 4.17. The lowest BCUT2D eigenvalue weighted by molar-refractivity contribution is 0.580. The summed E-state index contributed by atoms with van der Waals surface area (Å²) >= 11 is 0. The summed E-state index contributed by atoms with van der Waals surface area (Å²) in [6.07, 6.45) is 3.17. The standard InChI is InChI=1S/C11H10N6O2S/c18-20(19,13-7-11-14-16-17-15-11)10-3-1-2-8-6-12-5-4-9(8)10/h1-6,13H,7H2,(H,14,15,16,17). The molecule has 102 valence electrons. The minimum absolute atomic E-state index is 0.0275. The number of pyridine rings is 1. The van der Waals surface area contributed by atoms with E-state index in [1.54, 1.807) is 36.7 Å². The SMILES string of the molecule is O=S(=O)(NCc1nn[nH]n1)c1cccc2cnccc12. The molecule has 0 spiro atoms. The number of H-pyrrole nitrogens is 1. The summed E-state index contributed by atoms with van der Waals surface area (Å²) < 4.78 is 27.1. The van der Waals surface area contributed by atoms with Crippen LogP contribution in [0, 0.1) is 0 Å². The van der Waals surface area contributed by atoms with E-state index in [4.69, 9.17) is 0 Å². The highest BCUT2D eigenvalue weighted by molar-refractivity contribution is 7.89. The Morgan fingerprint density at radius 2 is 2.15 bits per heavy atom. The van der Waals surface area contributed by atoms with Crippen LogP contribution in [-0.2, 0) is 16.6 Å². The van der Waals surface area contributed by atoms with Crippen LogP contribution < -0.4 is 4.72 Å². The van der Waals surface area contributed by atoms with Crippen molar-refractivity contribution in [2.75, 3.05) is 0 Å². The Bertz CT molecular complexity index is 826. The number of fused-ring (bicyclic) bond motifs is 1. The van der Waals surface area contributed by atoms with Gasteiger partial charge in [0.1, 0.15) is 0 Å². The molecule has 0 fully saturated rings. The van der Waals surface area contributed by atoms with E-state index in [-0.39, 0.29) is 17.3 Å². The number of tetrazole rings is 1. The number of nitrogens with zero attached hydrogens (tertiary/aromatic N) is 4. The van der Waals surface area contributed by atoms with Crippen molar-refractivity contribution >= 4 is 20.8 Å². The fourth-order valence-corrected chi connectivity index (χ4v) is 3.03. The summed E-state index contributed by atoms with van der Waals surface area (Å²) in [5, 5.41) is 14.4. The molecule has 2 aromatic heterocycles. The van der Waals surface area contributed by atoms with E-state index in [9.17, 15) is 8.42 Å². The number of aromatic amines is 1. The van der Waals surface area contributed by atoms with E-state index in [2.05, 4.69) is 30.3 Å². The van der Waals surface area contributed by atoms with Crippen molar-refractivity contribution in [3.05, 3.63) is 42.5 Å². The average molecular weight is 290 g/mol. The van der Waals surface area contributed by atoms with Gasteiger partial charge in [0.25, 0.3) is 0 Å². The van der Waals surface area contributed by atoms with E-state index >= 15 is 0 Å². The molecule has 0 radical (unpaired) electrons. The zero-order chi connectivity index (χ0) is 14.0. The van der Waals surface area contributed by atoms with E-state index in [0.717, 1.165) is 5.39 Å². The molecule has 20 heavy (non-hydrogen) atoms. The van der Waals surface area contributed by atoms with Gasteiger partial charge in [-0.15, -0.1) is 10.2 Å². The summed E-state index contributed by atoms with van der Waals surface area (Å²) in [6.45, 7) is -0.0275. The predicted octanol–water partition coefficient (Wildman–Crippen LogP) is 0.226. The van der Waals surface area contributed by atoms with Gasteiger partial charge in [-0.3, -0.25) is 4.98 Å². The molecular weight excluding hydrogens is 280 g/mol. The van der Waals surface area contributed by atoms with Crippen molar-refractivity contribution in [3.63, 3.8) is 0 Å². The van der Waals surface area contributed by atoms with Crippen molar-refractivity contribution in [2.24, 2.45) is 0 Å². The number of hydrogen-bond donors (Lipinski definition) is 2. The summed E-state index contributed by atoms with van der Waals surface area (Å²) in [7, 11) is -3.66. The van der Waals surface area contributed by atoms with Crippen LogP contribution in [0.3, 0.4) is 0 Å². The number of nitrogens with one attached hydrogen (secondary N) is 2. The Balaban J connectivity index is 1.97. The minimum Gasteiger partial charge on any atom is -0.264 e. The number of hydrogen-bond acceptors (Lipinski definition) is 6. The Labute approximate surface area is 114 Å². The Kier molecular flexibility index (Phi) is 3.12. The van der Waals surface area contributed by atoms with Crippen LogP contribution in [-0.4, -0.2) is 34.0 Å². The highest BCUT2D eigenvalue weighted by Gasteiger charge is 2.17. The topological polar surface area (TPSA) is 114 Å². The highest BCUT2D eigenvalue weighted by atomic mass is 32.2. The third-order valence-electron chi connectivity index (χ3n) is 2.74. The second-order valence-corrected chi connectivity index (χ2v) is 5.74.